The molecule has 2 aliphatic rings. The van der Waals surface area contributed by atoms with Gasteiger partial charge in [-0.25, -0.2) is 9.18 Å². The molecule has 0 spiro atoms. The minimum Gasteiger partial charge on any atom is -0.446 e. The van der Waals surface area contributed by atoms with Gasteiger partial charge < -0.3 is 24.8 Å². The number of hydrogen-bond acceptors (Lipinski definition) is 5. The molecule has 2 saturated heterocycles. The number of amides is 3. The van der Waals surface area contributed by atoms with E-state index in [9.17, 15) is 18.8 Å². The first-order chi connectivity index (χ1) is 16.9. The molecule has 1 N–H and O–H groups in total. The quantitative estimate of drug-likeness (QED) is 0.545. The van der Waals surface area contributed by atoms with E-state index < -0.39 is 5.82 Å². The number of nitrogens with zero attached hydrogens (tertiary/aromatic N) is 3. The number of carbonyl (C=O) groups is 3. The number of hydrogen-bond donors (Lipinski definition) is 1. The van der Waals surface area contributed by atoms with Gasteiger partial charge in [-0.3, -0.25) is 9.59 Å². The summed E-state index contributed by atoms with van der Waals surface area (Å²) in [5, 5.41) is 2.66. The van der Waals surface area contributed by atoms with Gasteiger partial charge >= 0.3 is 6.09 Å². The van der Waals surface area contributed by atoms with Crippen LogP contribution in [0.5, 0.6) is 0 Å². The van der Waals surface area contributed by atoms with E-state index in [0.717, 1.165) is 38.9 Å². The highest BCUT2D eigenvalue weighted by molar-refractivity contribution is 6.30. The second-order valence-corrected chi connectivity index (χ2v) is 9.20. The van der Waals surface area contributed by atoms with Crippen LogP contribution in [0.25, 0.3) is 6.08 Å². The number of ether oxygens (including phenoxy) is 1. The van der Waals surface area contributed by atoms with Crippen LogP contribution in [0.4, 0.5) is 9.18 Å². The number of piperidine rings is 1. The lowest BCUT2D eigenvalue weighted by Crippen LogP contribution is -2.41. The van der Waals surface area contributed by atoms with Gasteiger partial charge in [0.05, 0.1) is 5.02 Å². The van der Waals surface area contributed by atoms with Crippen molar-refractivity contribution >= 4 is 35.6 Å². The van der Waals surface area contributed by atoms with Gasteiger partial charge in [0, 0.05) is 58.3 Å². The topological polar surface area (TPSA) is 82.2 Å². The van der Waals surface area contributed by atoms with E-state index in [1.165, 1.54) is 18.2 Å². The summed E-state index contributed by atoms with van der Waals surface area (Å²) in [5.41, 5.74) is 0.636. The van der Waals surface area contributed by atoms with Gasteiger partial charge in [-0.05, 0) is 56.5 Å². The smallest absolute Gasteiger partial charge is 0.407 e. The van der Waals surface area contributed by atoms with Crippen molar-refractivity contribution < 1.29 is 23.5 Å². The molecule has 1 aromatic carbocycles. The number of benzene rings is 1. The molecule has 35 heavy (non-hydrogen) atoms. The number of likely N-dealkylation sites (tertiary alicyclic amines) is 1. The predicted octanol–water partition coefficient (Wildman–Crippen LogP) is 3.15. The molecule has 192 valence electrons. The third-order valence-electron chi connectivity index (χ3n) is 6.29. The summed E-state index contributed by atoms with van der Waals surface area (Å²) >= 11 is 5.79. The van der Waals surface area contributed by atoms with Crippen molar-refractivity contribution in [2.45, 2.75) is 38.7 Å². The van der Waals surface area contributed by atoms with Crippen molar-refractivity contribution in [3.63, 3.8) is 0 Å². The van der Waals surface area contributed by atoms with Crippen LogP contribution in [-0.2, 0) is 14.3 Å². The molecule has 0 atom stereocenters. The number of halogens is 2. The normalized spacial score (nSPS) is 18.1. The zero-order valence-electron chi connectivity index (χ0n) is 20.2. The van der Waals surface area contributed by atoms with Crippen molar-refractivity contribution in [2.75, 3.05) is 52.4 Å². The maximum absolute atomic E-state index is 13.3. The number of carbonyl (C=O) groups excluding carboxylic acids is 3. The molecule has 2 aliphatic heterocycles. The molecule has 0 saturated carbocycles. The second kappa shape index (κ2) is 13.4. The first-order valence-electron chi connectivity index (χ1n) is 12.2. The van der Waals surface area contributed by atoms with Gasteiger partial charge in [0.25, 0.3) is 0 Å². The van der Waals surface area contributed by atoms with Gasteiger partial charge in [0.2, 0.25) is 11.8 Å². The molecule has 10 heteroatoms. The minimum atomic E-state index is -0.504. The Morgan fingerprint density at radius 1 is 1.17 bits per heavy atom. The first-order valence-corrected chi connectivity index (χ1v) is 12.6. The summed E-state index contributed by atoms with van der Waals surface area (Å²) in [6.07, 6.45) is 5.42. The van der Waals surface area contributed by atoms with E-state index >= 15 is 0 Å². The Morgan fingerprint density at radius 3 is 2.66 bits per heavy atom. The van der Waals surface area contributed by atoms with Crippen molar-refractivity contribution in [3.8, 4) is 0 Å². The molecule has 8 nitrogen and oxygen atoms in total. The molecular formula is C25H34ClFN4O4. The van der Waals surface area contributed by atoms with Gasteiger partial charge in [0.1, 0.15) is 11.9 Å². The van der Waals surface area contributed by atoms with Crippen molar-refractivity contribution in [3.05, 3.63) is 40.7 Å². The highest BCUT2D eigenvalue weighted by atomic mass is 35.5. The second-order valence-electron chi connectivity index (χ2n) is 8.79. The third-order valence-corrected chi connectivity index (χ3v) is 6.58. The van der Waals surface area contributed by atoms with Gasteiger partial charge in [-0.2, -0.15) is 0 Å². The Morgan fingerprint density at radius 2 is 1.94 bits per heavy atom. The lowest BCUT2D eigenvalue weighted by Gasteiger charge is -2.32. The Hall–Kier alpha value is -2.65. The van der Waals surface area contributed by atoms with Gasteiger partial charge in [-0.15, -0.1) is 0 Å². The predicted molar refractivity (Wildman–Crippen MR) is 132 cm³/mol. The number of alkyl carbamates (subject to hydrolysis) is 1. The zero-order valence-corrected chi connectivity index (χ0v) is 20.9. The van der Waals surface area contributed by atoms with Crippen LogP contribution in [0.3, 0.4) is 0 Å². The van der Waals surface area contributed by atoms with Gasteiger partial charge in [-0.1, -0.05) is 17.7 Å². The van der Waals surface area contributed by atoms with Crippen molar-refractivity contribution in [1.29, 1.82) is 0 Å². The summed E-state index contributed by atoms with van der Waals surface area (Å²) < 4.78 is 18.7. The highest BCUT2D eigenvalue weighted by Gasteiger charge is 2.24. The number of rotatable bonds is 8. The molecule has 0 unspecified atom stereocenters. The van der Waals surface area contributed by atoms with E-state index in [4.69, 9.17) is 16.3 Å². The SMILES string of the molecule is CCNC(=O)OC1CCN(CCCN2CCN(C(=O)/C=C/c3ccc(F)c(Cl)c3)CCC2=O)CC1. The highest BCUT2D eigenvalue weighted by Crippen LogP contribution is 2.17. The van der Waals surface area contributed by atoms with Crippen molar-refractivity contribution in [1.82, 2.24) is 20.0 Å². The van der Waals surface area contributed by atoms with E-state index in [1.807, 2.05) is 11.8 Å². The summed E-state index contributed by atoms with van der Waals surface area (Å²) in [6.45, 7) is 7.03. The van der Waals surface area contributed by atoms with E-state index in [0.29, 0.717) is 44.7 Å². The van der Waals surface area contributed by atoms with E-state index in [-0.39, 0.29) is 29.0 Å². The van der Waals surface area contributed by atoms with Gasteiger partial charge in [0.15, 0.2) is 0 Å². The average Bonchev–Trinajstić information content (AvgIpc) is 3.02. The minimum absolute atomic E-state index is 0.00712. The van der Waals surface area contributed by atoms with E-state index in [1.54, 1.807) is 17.0 Å². The maximum atomic E-state index is 13.3. The first kappa shape index (κ1) is 26.9. The average molecular weight is 509 g/mol. The summed E-state index contributed by atoms with van der Waals surface area (Å²) in [6, 6.07) is 4.28. The van der Waals surface area contributed by atoms with Crippen LogP contribution in [0.2, 0.25) is 5.02 Å². The number of nitrogens with one attached hydrogen (secondary N) is 1. The molecule has 3 amide bonds. The van der Waals surface area contributed by atoms with Crippen LogP contribution >= 0.6 is 11.6 Å². The Bertz CT molecular complexity index is 921. The maximum Gasteiger partial charge on any atom is 0.407 e. The standard InChI is InChI=1S/C25H34ClFN4O4/c1-2-28-25(34)35-20-8-13-29(14-9-20)11-3-12-30-16-17-31(15-10-24(30)33)23(32)7-5-19-4-6-22(27)21(26)18-19/h4-7,18,20H,2-3,8-17H2,1H3,(H,28,34)/b7-5+. The third kappa shape index (κ3) is 8.50. The van der Waals surface area contributed by atoms with Crippen LogP contribution in [0, 0.1) is 5.82 Å². The largest absolute Gasteiger partial charge is 0.446 e. The molecule has 0 aliphatic carbocycles. The molecule has 0 bridgehead atoms. The van der Waals surface area contributed by atoms with Crippen molar-refractivity contribution in [2.24, 2.45) is 0 Å². The fraction of sp³-hybridized carbons (Fsp3) is 0.560. The van der Waals surface area contributed by atoms with Crippen LogP contribution in [-0.4, -0.2) is 91.1 Å². The molecule has 3 rings (SSSR count). The Labute approximate surface area is 211 Å². The molecule has 2 heterocycles. The van der Waals surface area contributed by atoms with Crippen LogP contribution < -0.4 is 5.32 Å². The zero-order chi connectivity index (χ0) is 25.2. The fourth-order valence-corrected chi connectivity index (χ4v) is 4.47. The molecule has 1 aromatic rings. The molecule has 2 fully saturated rings. The molecule has 0 radical (unpaired) electrons. The summed E-state index contributed by atoms with van der Waals surface area (Å²) in [4.78, 5) is 42.6. The monoisotopic (exact) mass is 508 g/mol. The Balaban J connectivity index is 1.38. The molecule has 0 aromatic heterocycles. The van der Waals surface area contributed by atoms with Crippen LogP contribution in [0.15, 0.2) is 24.3 Å². The lowest BCUT2D eigenvalue weighted by atomic mass is 10.1. The summed E-state index contributed by atoms with van der Waals surface area (Å²) in [7, 11) is 0. The van der Waals surface area contributed by atoms with Crippen LogP contribution in [0.1, 0.15) is 38.2 Å². The van der Waals surface area contributed by atoms with E-state index in [2.05, 4.69) is 10.2 Å². The fourth-order valence-electron chi connectivity index (χ4n) is 4.29. The Kier molecular flexibility index (Phi) is 10.3. The molecular weight excluding hydrogens is 475 g/mol. The summed E-state index contributed by atoms with van der Waals surface area (Å²) in [5.74, 6) is -0.627. The lowest BCUT2D eigenvalue weighted by molar-refractivity contribution is -0.130.